The van der Waals surface area contributed by atoms with Gasteiger partial charge in [0.05, 0.1) is 12.5 Å². The van der Waals surface area contributed by atoms with Crippen LogP contribution in [0.25, 0.3) is 0 Å². The van der Waals surface area contributed by atoms with Crippen molar-refractivity contribution < 1.29 is 14.3 Å². The summed E-state index contributed by atoms with van der Waals surface area (Å²) in [7, 11) is 0. The molecule has 1 N–H and O–H groups in total. The number of nitrogens with one attached hydrogen (secondary N) is 1. The highest BCUT2D eigenvalue weighted by Gasteiger charge is 2.15. The molecule has 24 heavy (non-hydrogen) atoms. The van der Waals surface area contributed by atoms with Gasteiger partial charge in [0.25, 0.3) is 5.91 Å². The van der Waals surface area contributed by atoms with E-state index in [0.717, 1.165) is 5.56 Å². The summed E-state index contributed by atoms with van der Waals surface area (Å²) in [6, 6.07) is 15.8. The molecular formula is C19H18N2O3. The Hall–Kier alpha value is -3.13. The van der Waals surface area contributed by atoms with Crippen LogP contribution in [0.15, 0.2) is 48.5 Å². The molecule has 2 rings (SSSR count). The number of rotatable bonds is 6. The molecule has 0 radical (unpaired) electrons. The predicted octanol–water partition coefficient (Wildman–Crippen LogP) is 3.36. The summed E-state index contributed by atoms with van der Waals surface area (Å²) in [4.78, 5) is 23.4. The van der Waals surface area contributed by atoms with Crippen molar-refractivity contribution in [2.24, 2.45) is 0 Å². The van der Waals surface area contributed by atoms with Crippen LogP contribution in [-0.4, -0.2) is 17.8 Å². The third kappa shape index (κ3) is 4.68. The maximum absolute atomic E-state index is 12.2. The molecule has 1 unspecified atom stereocenters. The Morgan fingerprint density at radius 3 is 2.29 bits per heavy atom. The molecule has 1 amide bonds. The van der Waals surface area contributed by atoms with E-state index in [1.165, 1.54) is 6.92 Å². The van der Waals surface area contributed by atoms with Crippen LogP contribution >= 0.6 is 0 Å². The van der Waals surface area contributed by atoms with Crippen LogP contribution in [0.5, 0.6) is 5.75 Å². The summed E-state index contributed by atoms with van der Waals surface area (Å²) < 4.78 is 5.58. The summed E-state index contributed by atoms with van der Waals surface area (Å²) in [6.45, 7) is 3.14. The van der Waals surface area contributed by atoms with E-state index in [1.807, 2.05) is 0 Å². The summed E-state index contributed by atoms with van der Waals surface area (Å²) in [5.74, 6) is 0.220. The molecule has 0 heterocycles. The van der Waals surface area contributed by atoms with Gasteiger partial charge < -0.3 is 10.1 Å². The molecule has 0 aliphatic carbocycles. The first-order chi connectivity index (χ1) is 11.5. The van der Waals surface area contributed by atoms with E-state index in [-0.39, 0.29) is 11.7 Å². The normalized spacial score (nSPS) is 11.2. The van der Waals surface area contributed by atoms with E-state index < -0.39 is 6.10 Å². The van der Waals surface area contributed by atoms with Gasteiger partial charge in [0.15, 0.2) is 11.9 Å². The SMILES string of the molecule is CC(=O)c1ccc(OC(C)C(=O)Nc2ccc(CC#N)cc2)cc1. The Labute approximate surface area is 140 Å². The number of Topliss-reactive ketones (excluding diaryl/α,β-unsaturated/α-hetero) is 1. The minimum atomic E-state index is -0.688. The zero-order valence-electron chi connectivity index (χ0n) is 13.6. The molecule has 0 aromatic heterocycles. The molecular weight excluding hydrogens is 304 g/mol. The molecule has 0 saturated carbocycles. The molecule has 0 spiro atoms. The van der Waals surface area contributed by atoms with Crippen molar-refractivity contribution in [3.63, 3.8) is 0 Å². The van der Waals surface area contributed by atoms with Crippen LogP contribution in [-0.2, 0) is 11.2 Å². The number of benzene rings is 2. The van der Waals surface area contributed by atoms with Crippen LogP contribution < -0.4 is 10.1 Å². The Morgan fingerprint density at radius 2 is 1.75 bits per heavy atom. The maximum atomic E-state index is 12.2. The lowest BCUT2D eigenvalue weighted by Crippen LogP contribution is -2.30. The van der Waals surface area contributed by atoms with Gasteiger partial charge in [-0.3, -0.25) is 9.59 Å². The molecule has 0 saturated heterocycles. The second-order valence-electron chi connectivity index (χ2n) is 5.36. The highest BCUT2D eigenvalue weighted by atomic mass is 16.5. The van der Waals surface area contributed by atoms with Crippen molar-refractivity contribution in [3.8, 4) is 11.8 Å². The van der Waals surface area contributed by atoms with Gasteiger partial charge in [0.1, 0.15) is 5.75 Å². The van der Waals surface area contributed by atoms with Crippen LogP contribution in [0.4, 0.5) is 5.69 Å². The fourth-order valence-electron chi connectivity index (χ4n) is 2.07. The molecule has 5 nitrogen and oxygen atoms in total. The van der Waals surface area contributed by atoms with Crippen molar-refractivity contribution in [3.05, 3.63) is 59.7 Å². The predicted molar refractivity (Wildman–Crippen MR) is 90.9 cm³/mol. The standard InChI is InChI=1S/C19H18N2O3/c1-13(22)16-5-9-18(10-6-16)24-14(2)19(23)21-17-7-3-15(4-8-17)11-12-20/h3-10,14H,11H2,1-2H3,(H,21,23). The quantitative estimate of drug-likeness (QED) is 0.827. The number of anilines is 1. The average Bonchev–Trinajstić information content (AvgIpc) is 2.57. The van der Waals surface area contributed by atoms with Crippen molar-refractivity contribution >= 4 is 17.4 Å². The average molecular weight is 322 g/mol. The highest BCUT2D eigenvalue weighted by Crippen LogP contribution is 2.16. The van der Waals surface area contributed by atoms with Crippen molar-refractivity contribution in [1.82, 2.24) is 0 Å². The van der Waals surface area contributed by atoms with Gasteiger partial charge in [-0.05, 0) is 55.8 Å². The van der Waals surface area contributed by atoms with Crippen LogP contribution in [0.2, 0.25) is 0 Å². The first-order valence-electron chi connectivity index (χ1n) is 7.54. The van der Waals surface area contributed by atoms with Gasteiger partial charge in [-0.1, -0.05) is 12.1 Å². The number of hydrogen-bond acceptors (Lipinski definition) is 4. The van der Waals surface area contributed by atoms with Gasteiger partial charge in [-0.25, -0.2) is 0 Å². The summed E-state index contributed by atoms with van der Waals surface area (Å²) in [5.41, 5.74) is 2.13. The number of amides is 1. The Kier molecular flexibility index (Phi) is 5.69. The third-order valence-electron chi connectivity index (χ3n) is 3.45. The molecule has 0 aliphatic rings. The summed E-state index contributed by atoms with van der Waals surface area (Å²) >= 11 is 0. The molecule has 122 valence electrons. The molecule has 2 aromatic carbocycles. The van der Waals surface area contributed by atoms with Gasteiger partial charge in [-0.15, -0.1) is 0 Å². The number of hydrogen-bond donors (Lipinski definition) is 1. The first kappa shape index (κ1) is 17.2. The molecule has 0 bridgehead atoms. The van der Waals surface area contributed by atoms with Crippen molar-refractivity contribution in [2.45, 2.75) is 26.4 Å². The van der Waals surface area contributed by atoms with E-state index >= 15 is 0 Å². The van der Waals surface area contributed by atoms with E-state index in [4.69, 9.17) is 10.00 Å². The minimum absolute atomic E-state index is 0.0211. The smallest absolute Gasteiger partial charge is 0.265 e. The van der Waals surface area contributed by atoms with E-state index in [2.05, 4.69) is 11.4 Å². The Balaban J connectivity index is 1.94. The lowest BCUT2D eigenvalue weighted by molar-refractivity contribution is -0.122. The lowest BCUT2D eigenvalue weighted by atomic mass is 10.1. The number of ether oxygens (including phenoxy) is 1. The maximum Gasteiger partial charge on any atom is 0.265 e. The lowest BCUT2D eigenvalue weighted by Gasteiger charge is -2.15. The molecule has 0 aliphatic heterocycles. The highest BCUT2D eigenvalue weighted by molar-refractivity contribution is 5.95. The van der Waals surface area contributed by atoms with Crippen LogP contribution in [0, 0.1) is 11.3 Å². The van der Waals surface area contributed by atoms with Crippen molar-refractivity contribution in [1.29, 1.82) is 5.26 Å². The van der Waals surface area contributed by atoms with Gasteiger partial charge >= 0.3 is 0 Å². The molecule has 1 atom stereocenters. The zero-order valence-corrected chi connectivity index (χ0v) is 13.6. The van der Waals surface area contributed by atoms with E-state index in [0.29, 0.717) is 23.4 Å². The monoisotopic (exact) mass is 322 g/mol. The van der Waals surface area contributed by atoms with Crippen LogP contribution in [0.3, 0.4) is 0 Å². The fourth-order valence-corrected chi connectivity index (χ4v) is 2.07. The summed E-state index contributed by atoms with van der Waals surface area (Å²) in [6.07, 6.45) is -0.351. The molecule has 2 aromatic rings. The fraction of sp³-hybridized carbons (Fsp3) is 0.211. The minimum Gasteiger partial charge on any atom is -0.481 e. The first-order valence-corrected chi connectivity index (χ1v) is 7.54. The number of nitrogens with zero attached hydrogens (tertiary/aromatic N) is 1. The van der Waals surface area contributed by atoms with Gasteiger partial charge in [0, 0.05) is 11.3 Å². The topological polar surface area (TPSA) is 79.2 Å². The second kappa shape index (κ2) is 7.93. The number of nitriles is 1. The third-order valence-corrected chi connectivity index (χ3v) is 3.45. The molecule has 0 fully saturated rings. The van der Waals surface area contributed by atoms with E-state index in [9.17, 15) is 9.59 Å². The van der Waals surface area contributed by atoms with E-state index in [1.54, 1.807) is 55.5 Å². The van der Waals surface area contributed by atoms with Gasteiger partial charge in [0.2, 0.25) is 0 Å². The second-order valence-corrected chi connectivity index (χ2v) is 5.36. The summed E-state index contributed by atoms with van der Waals surface area (Å²) in [5, 5.41) is 11.4. The number of carbonyl (C=O) groups excluding carboxylic acids is 2. The molecule has 5 heteroatoms. The van der Waals surface area contributed by atoms with Crippen molar-refractivity contribution in [2.75, 3.05) is 5.32 Å². The van der Waals surface area contributed by atoms with Gasteiger partial charge in [-0.2, -0.15) is 5.26 Å². The number of ketones is 1. The zero-order chi connectivity index (χ0) is 17.5. The Morgan fingerprint density at radius 1 is 1.12 bits per heavy atom. The largest absolute Gasteiger partial charge is 0.481 e. The number of carbonyl (C=O) groups is 2. The Bertz CT molecular complexity index is 759. The van der Waals surface area contributed by atoms with Crippen LogP contribution in [0.1, 0.15) is 29.8 Å².